The van der Waals surface area contributed by atoms with Crippen LogP contribution in [0.3, 0.4) is 0 Å². The lowest BCUT2D eigenvalue weighted by Gasteiger charge is -2.10. The first-order valence-electron chi connectivity index (χ1n) is 6.18. The molecule has 0 aliphatic heterocycles. The zero-order chi connectivity index (χ0) is 15.4. The Morgan fingerprint density at radius 2 is 1.95 bits per heavy atom. The van der Waals surface area contributed by atoms with Gasteiger partial charge in [-0.2, -0.15) is 8.78 Å². The molecule has 2 aromatic carbocycles. The van der Waals surface area contributed by atoms with Crippen molar-refractivity contribution < 1.29 is 18.3 Å². The third-order valence-electron chi connectivity index (χ3n) is 2.94. The summed E-state index contributed by atoms with van der Waals surface area (Å²) in [6.07, 6.45) is 0. The lowest BCUT2D eigenvalue weighted by Crippen LogP contribution is -2.14. The highest BCUT2D eigenvalue weighted by atomic mass is 19.3. The molecule has 0 unspecified atom stereocenters. The van der Waals surface area contributed by atoms with E-state index in [-0.39, 0.29) is 11.7 Å². The molecule has 0 atom stereocenters. The molecule has 0 bridgehead atoms. The van der Waals surface area contributed by atoms with Crippen LogP contribution in [0, 0.1) is 6.92 Å². The molecule has 0 saturated heterocycles. The normalized spacial score (nSPS) is 10.5. The van der Waals surface area contributed by atoms with Crippen molar-refractivity contribution in [3.8, 4) is 5.75 Å². The molecule has 6 heteroatoms. The molecule has 4 nitrogen and oxygen atoms in total. The number of alkyl halides is 2. The van der Waals surface area contributed by atoms with E-state index >= 15 is 0 Å². The van der Waals surface area contributed by atoms with Crippen molar-refractivity contribution >= 4 is 17.3 Å². The molecule has 0 fully saturated rings. The molecule has 0 saturated carbocycles. The van der Waals surface area contributed by atoms with Crippen molar-refractivity contribution in [1.82, 2.24) is 0 Å². The Balaban J connectivity index is 2.18. The number of amides is 1. The standard InChI is InChI=1S/C15H14F2N2O2/c1-9-12(6-3-7-13(9)18)14(20)19-10-4-2-5-11(8-10)21-15(16)17/h2-8,15H,18H2,1H3,(H,19,20). The number of carbonyl (C=O) groups excluding carboxylic acids is 1. The average Bonchev–Trinajstić information content (AvgIpc) is 2.41. The maximum absolute atomic E-state index is 12.2. The smallest absolute Gasteiger partial charge is 0.387 e. The summed E-state index contributed by atoms with van der Waals surface area (Å²) in [5, 5.41) is 2.62. The SMILES string of the molecule is Cc1c(N)cccc1C(=O)Nc1cccc(OC(F)F)c1. The van der Waals surface area contributed by atoms with Crippen molar-refractivity contribution in [1.29, 1.82) is 0 Å². The molecule has 0 aromatic heterocycles. The third-order valence-corrected chi connectivity index (χ3v) is 2.94. The van der Waals surface area contributed by atoms with Gasteiger partial charge in [-0.05, 0) is 36.8 Å². The summed E-state index contributed by atoms with van der Waals surface area (Å²) in [5.74, 6) is -0.388. The number of hydrogen-bond donors (Lipinski definition) is 2. The van der Waals surface area contributed by atoms with Gasteiger partial charge in [0, 0.05) is 23.0 Å². The highest BCUT2D eigenvalue weighted by Crippen LogP contribution is 2.21. The van der Waals surface area contributed by atoms with E-state index in [4.69, 9.17) is 5.73 Å². The van der Waals surface area contributed by atoms with E-state index in [0.717, 1.165) is 0 Å². The Morgan fingerprint density at radius 1 is 1.24 bits per heavy atom. The summed E-state index contributed by atoms with van der Waals surface area (Å²) >= 11 is 0. The summed E-state index contributed by atoms with van der Waals surface area (Å²) < 4.78 is 28.6. The molecular formula is C15H14F2N2O2. The number of anilines is 2. The molecule has 2 rings (SSSR count). The van der Waals surface area contributed by atoms with Gasteiger partial charge in [0.05, 0.1) is 0 Å². The Labute approximate surface area is 120 Å². The van der Waals surface area contributed by atoms with Crippen LogP contribution in [0.5, 0.6) is 5.75 Å². The maximum Gasteiger partial charge on any atom is 0.387 e. The van der Waals surface area contributed by atoms with Gasteiger partial charge in [0.25, 0.3) is 5.91 Å². The first kappa shape index (κ1) is 14.8. The number of nitrogens with two attached hydrogens (primary N) is 1. The fraction of sp³-hybridized carbons (Fsp3) is 0.133. The Morgan fingerprint density at radius 3 is 2.67 bits per heavy atom. The van der Waals surface area contributed by atoms with Crippen molar-refractivity contribution in [2.75, 3.05) is 11.1 Å². The summed E-state index contributed by atoms with van der Waals surface area (Å²) in [6, 6.07) is 10.8. The zero-order valence-corrected chi connectivity index (χ0v) is 11.3. The molecule has 0 radical (unpaired) electrons. The first-order valence-corrected chi connectivity index (χ1v) is 6.18. The highest BCUT2D eigenvalue weighted by Gasteiger charge is 2.11. The van der Waals surface area contributed by atoms with E-state index in [1.807, 2.05) is 0 Å². The molecule has 0 aliphatic rings. The molecule has 0 aliphatic carbocycles. The second kappa shape index (κ2) is 6.21. The predicted molar refractivity (Wildman–Crippen MR) is 76.6 cm³/mol. The minimum absolute atomic E-state index is 0.0212. The largest absolute Gasteiger partial charge is 0.435 e. The van der Waals surface area contributed by atoms with Crippen molar-refractivity contribution in [2.24, 2.45) is 0 Å². The van der Waals surface area contributed by atoms with Gasteiger partial charge in [-0.3, -0.25) is 4.79 Å². The Bertz CT molecular complexity index is 660. The number of nitrogens with one attached hydrogen (secondary N) is 1. The fourth-order valence-corrected chi connectivity index (χ4v) is 1.85. The Kier molecular flexibility index (Phi) is 4.37. The molecular weight excluding hydrogens is 278 g/mol. The predicted octanol–water partition coefficient (Wildman–Crippen LogP) is 3.43. The van der Waals surface area contributed by atoms with Gasteiger partial charge in [-0.25, -0.2) is 0 Å². The van der Waals surface area contributed by atoms with Crippen molar-refractivity contribution in [3.63, 3.8) is 0 Å². The molecule has 110 valence electrons. The fourth-order valence-electron chi connectivity index (χ4n) is 1.85. The maximum atomic E-state index is 12.2. The van der Waals surface area contributed by atoms with Gasteiger partial charge in [-0.15, -0.1) is 0 Å². The number of hydrogen-bond acceptors (Lipinski definition) is 3. The summed E-state index contributed by atoms with van der Waals surface area (Å²) in [6.45, 7) is -1.17. The minimum atomic E-state index is -2.91. The van der Waals surface area contributed by atoms with Gasteiger partial charge in [0.15, 0.2) is 0 Å². The second-order valence-corrected chi connectivity index (χ2v) is 4.38. The number of benzene rings is 2. The van der Waals surface area contributed by atoms with Gasteiger partial charge < -0.3 is 15.8 Å². The number of halogens is 2. The van der Waals surface area contributed by atoms with Gasteiger partial charge in [-0.1, -0.05) is 12.1 Å². The van der Waals surface area contributed by atoms with Crippen LogP contribution >= 0.6 is 0 Å². The van der Waals surface area contributed by atoms with Crippen LogP contribution in [0.4, 0.5) is 20.2 Å². The van der Waals surface area contributed by atoms with E-state index in [1.165, 1.54) is 18.2 Å². The number of carbonyl (C=O) groups is 1. The van der Waals surface area contributed by atoms with Gasteiger partial charge in [0.2, 0.25) is 0 Å². The number of rotatable bonds is 4. The van der Waals surface area contributed by atoms with Gasteiger partial charge >= 0.3 is 6.61 Å². The van der Waals surface area contributed by atoms with Crippen LogP contribution in [0.2, 0.25) is 0 Å². The van der Waals surface area contributed by atoms with Crippen LogP contribution in [0.25, 0.3) is 0 Å². The molecule has 0 spiro atoms. The van der Waals surface area contributed by atoms with E-state index in [2.05, 4.69) is 10.1 Å². The van der Waals surface area contributed by atoms with Crippen LogP contribution in [-0.4, -0.2) is 12.5 Å². The topological polar surface area (TPSA) is 64.4 Å². The number of ether oxygens (including phenoxy) is 1. The quantitative estimate of drug-likeness (QED) is 0.848. The van der Waals surface area contributed by atoms with E-state index in [9.17, 15) is 13.6 Å². The van der Waals surface area contributed by atoms with Crippen LogP contribution in [0.1, 0.15) is 15.9 Å². The van der Waals surface area contributed by atoms with Gasteiger partial charge in [0.1, 0.15) is 5.75 Å². The van der Waals surface area contributed by atoms with E-state index in [0.29, 0.717) is 22.5 Å². The molecule has 1 amide bonds. The first-order chi connectivity index (χ1) is 9.97. The van der Waals surface area contributed by atoms with Crippen LogP contribution in [-0.2, 0) is 0 Å². The van der Waals surface area contributed by atoms with Crippen LogP contribution in [0.15, 0.2) is 42.5 Å². The molecule has 21 heavy (non-hydrogen) atoms. The van der Waals surface area contributed by atoms with Crippen molar-refractivity contribution in [3.05, 3.63) is 53.6 Å². The lowest BCUT2D eigenvalue weighted by atomic mass is 10.1. The van der Waals surface area contributed by atoms with E-state index < -0.39 is 6.61 Å². The average molecular weight is 292 g/mol. The summed E-state index contributed by atoms with van der Waals surface area (Å²) in [7, 11) is 0. The van der Waals surface area contributed by atoms with Crippen LogP contribution < -0.4 is 15.8 Å². The summed E-state index contributed by atoms with van der Waals surface area (Å²) in [5.41, 5.74) is 7.71. The monoisotopic (exact) mass is 292 g/mol. The summed E-state index contributed by atoms with van der Waals surface area (Å²) in [4.78, 5) is 12.2. The molecule has 3 N–H and O–H groups in total. The Hall–Kier alpha value is -2.63. The minimum Gasteiger partial charge on any atom is -0.435 e. The third kappa shape index (κ3) is 3.68. The van der Waals surface area contributed by atoms with E-state index in [1.54, 1.807) is 31.2 Å². The molecule has 2 aromatic rings. The second-order valence-electron chi connectivity index (χ2n) is 4.38. The molecule has 0 heterocycles. The van der Waals surface area contributed by atoms with Crippen molar-refractivity contribution in [2.45, 2.75) is 13.5 Å². The zero-order valence-electron chi connectivity index (χ0n) is 11.3. The highest BCUT2D eigenvalue weighted by molar-refractivity contribution is 6.06. The number of nitrogen functional groups attached to an aromatic ring is 1. The lowest BCUT2D eigenvalue weighted by molar-refractivity contribution is -0.0497.